The van der Waals surface area contributed by atoms with E-state index in [1.54, 1.807) is 12.1 Å². The Labute approximate surface area is 100 Å². The molecule has 1 rings (SSSR count). The van der Waals surface area contributed by atoms with Crippen LogP contribution in [0.1, 0.15) is 18.4 Å². The maximum Gasteiger partial charge on any atom is 0.123 e. The molecule has 3 heteroatoms. The van der Waals surface area contributed by atoms with Gasteiger partial charge in [-0.15, -0.1) is 11.6 Å². The number of rotatable bonds is 5. The molecule has 1 aromatic carbocycles. The van der Waals surface area contributed by atoms with Gasteiger partial charge in [0.15, 0.2) is 0 Å². The first kappa shape index (κ1) is 12.7. The minimum absolute atomic E-state index is 0.256. The Morgan fingerprint density at radius 3 is 2.62 bits per heavy atom. The number of benzene rings is 1. The van der Waals surface area contributed by atoms with Crippen molar-refractivity contribution in [3.63, 3.8) is 0 Å². The van der Waals surface area contributed by atoms with E-state index in [0.29, 0.717) is 17.9 Å². The summed E-state index contributed by atoms with van der Waals surface area (Å²) < 4.78 is 12.7. The van der Waals surface area contributed by atoms with Gasteiger partial charge in [0.2, 0.25) is 0 Å². The molecule has 0 aliphatic heterocycles. The van der Waals surface area contributed by atoms with E-state index in [9.17, 15) is 4.39 Å². The van der Waals surface area contributed by atoms with Gasteiger partial charge in [0.25, 0.3) is 0 Å². The molecule has 16 heavy (non-hydrogen) atoms. The second-order valence-corrected chi connectivity index (χ2v) is 3.85. The summed E-state index contributed by atoms with van der Waals surface area (Å²) in [4.78, 5) is 0. The van der Waals surface area contributed by atoms with Crippen molar-refractivity contribution >= 4 is 11.6 Å². The summed E-state index contributed by atoms with van der Waals surface area (Å²) in [6.45, 7) is 0. The average molecular weight is 238 g/mol. The molecule has 0 saturated carbocycles. The zero-order chi connectivity index (χ0) is 11.8. The molecule has 1 nitrogen and oxygen atoms in total. The van der Waals surface area contributed by atoms with Gasteiger partial charge in [-0.2, -0.15) is 5.26 Å². The molecule has 0 bridgehead atoms. The normalized spacial score (nSPS) is 11.2. The number of hydrogen-bond acceptors (Lipinski definition) is 1. The van der Waals surface area contributed by atoms with E-state index in [4.69, 9.17) is 16.9 Å². The highest BCUT2D eigenvalue weighted by Gasteiger charge is 1.99. The first-order valence-electron chi connectivity index (χ1n) is 5.16. The van der Waals surface area contributed by atoms with Crippen molar-refractivity contribution in [2.45, 2.75) is 19.3 Å². The van der Waals surface area contributed by atoms with Gasteiger partial charge >= 0.3 is 0 Å². The molecule has 84 valence electrons. The molecule has 0 aliphatic carbocycles. The maximum absolute atomic E-state index is 12.7. The van der Waals surface area contributed by atoms with Gasteiger partial charge in [-0.25, -0.2) is 4.39 Å². The Morgan fingerprint density at radius 2 is 2.06 bits per heavy atom. The van der Waals surface area contributed by atoms with Crippen LogP contribution in [0.5, 0.6) is 0 Å². The van der Waals surface area contributed by atoms with Crippen molar-refractivity contribution in [2.24, 2.45) is 0 Å². The lowest BCUT2D eigenvalue weighted by Crippen LogP contribution is -1.89. The Bertz CT molecular complexity index is 389. The highest BCUT2D eigenvalue weighted by Crippen LogP contribution is 2.10. The van der Waals surface area contributed by atoms with Crippen molar-refractivity contribution in [2.75, 3.05) is 5.88 Å². The number of allylic oxidation sites excluding steroid dienone is 2. The molecule has 0 fully saturated rings. The first-order valence-corrected chi connectivity index (χ1v) is 5.69. The number of nitriles is 1. The van der Waals surface area contributed by atoms with E-state index in [1.807, 2.05) is 6.08 Å². The molecule has 0 amide bonds. The van der Waals surface area contributed by atoms with Crippen LogP contribution in [-0.4, -0.2) is 5.88 Å². The van der Waals surface area contributed by atoms with Gasteiger partial charge < -0.3 is 0 Å². The van der Waals surface area contributed by atoms with Crippen LogP contribution in [0, 0.1) is 17.1 Å². The predicted molar refractivity (Wildman–Crippen MR) is 63.8 cm³/mol. The number of alkyl halides is 1. The highest BCUT2D eigenvalue weighted by molar-refractivity contribution is 6.17. The Balaban J connectivity index is 2.60. The fraction of sp³-hybridized carbons (Fsp3) is 0.308. The lowest BCUT2D eigenvalue weighted by atomic mass is 10.0. The van der Waals surface area contributed by atoms with E-state index in [-0.39, 0.29) is 5.82 Å². The zero-order valence-electron chi connectivity index (χ0n) is 8.92. The van der Waals surface area contributed by atoms with Gasteiger partial charge in [-0.1, -0.05) is 18.2 Å². The Kier molecular flexibility index (Phi) is 5.60. The molecule has 0 spiro atoms. The van der Waals surface area contributed by atoms with Crippen molar-refractivity contribution in [3.8, 4) is 6.07 Å². The van der Waals surface area contributed by atoms with Crippen LogP contribution >= 0.6 is 11.6 Å². The van der Waals surface area contributed by atoms with E-state index in [2.05, 4.69) is 6.07 Å². The van der Waals surface area contributed by atoms with Gasteiger partial charge in [0.1, 0.15) is 5.82 Å². The van der Waals surface area contributed by atoms with Gasteiger partial charge in [-0.05, 0) is 30.5 Å². The molecule has 0 heterocycles. The fourth-order valence-corrected chi connectivity index (χ4v) is 1.49. The molecule has 0 unspecified atom stereocenters. The van der Waals surface area contributed by atoms with E-state index in [1.165, 1.54) is 12.1 Å². The average Bonchev–Trinajstić information content (AvgIpc) is 2.31. The SMILES string of the molecule is N#C/C(=C\CCCCl)Cc1ccc(F)cc1. The number of halogens is 2. The van der Waals surface area contributed by atoms with Crippen molar-refractivity contribution < 1.29 is 4.39 Å². The highest BCUT2D eigenvalue weighted by atomic mass is 35.5. The van der Waals surface area contributed by atoms with E-state index < -0.39 is 0 Å². The summed E-state index contributed by atoms with van der Waals surface area (Å²) in [6.07, 6.45) is 4.13. The molecule has 0 aromatic heterocycles. The maximum atomic E-state index is 12.7. The first-order chi connectivity index (χ1) is 7.76. The summed E-state index contributed by atoms with van der Waals surface area (Å²) in [7, 11) is 0. The summed E-state index contributed by atoms with van der Waals surface area (Å²) in [5.74, 6) is 0.347. The smallest absolute Gasteiger partial charge is 0.123 e. The van der Waals surface area contributed by atoms with Gasteiger partial charge in [0, 0.05) is 17.9 Å². The quantitative estimate of drug-likeness (QED) is 0.434. The molecule has 1 aromatic rings. The van der Waals surface area contributed by atoms with Gasteiger partial charge in [-0.3, -0.25) is 0 Å². The minimum Gasteiger partial charge on any atom is -0.207 e. The number of nitrogens with zero attached hydrogens (tertiary/aromatic N) is 1. The van der Waals surface area contributed by atoms with Crippen LogP contribution in [0.2, 0.25) is 0 Å². The van der Waals surface area contributed by atoms with Gasteiger partial charge in [0.05, 0.1) is 6.07 Å². The van der Waals surface area contributed by atoms with Crippen LogP contribution < -0.4 is 0 Å². The Morgan fingerprint density at radius 1 is 1.38 bits per heavy atom. The largest absolute Gasteiger partial charge is 0.207 e. The molecule has 0 aliphatic rings. The lowest BCUT2D eigenvalue weighted by Gasteiger charge is -1.99. The summed E-state index contributed by atoms with van der Waals surface area (Å²) >= 11 is 5.55. The van der Waals surface area contributed by atoms with Crippen LogP contribution in [0.4, 0.5) is 4.39 Å². The number of hydrogen-bond donors (Lipinski definition) is 0. The molecule has 0 N–H and O–H groups in total. The van der Waals surface area contributed by atoms with Crippen LogP contribution in [0.25, 0.3) is 0 Å². The second kappa shape index (κ2) is 7.03. The van der Waals surface area contributed by atoms with Crippen LogP contribution in [-0.2, 0) is 6.42 Å². The fourth-order valence-electron chi connectivity index (χ4n) is 1.33. The molecule has 0 radical (unpaired) electrons. The zero-order valence-corrected chi connectivity index (χ0v) is 9.67. The summed E-state index contributed by atoms with van der Waals surface area (Å²) in [5.41, 5.74) is 1.65. The Hall–Kier alpha value is -1.33. The summed E-state index contributed by atoms with van der Waals surface area (Å²) in [5, 5.41) is 8.92. The van der Waals surface area contributed by atoms with Crippen LogP contribution in [0.15, 0.2) is 35.9 Å². The molecular weight excluding hydrogens is 225 g/mol. The monoisotopic (exact) mass is 237 g/mol. The third-order valence-corrected chi connectivity index (χ3v) is 2.45. The minimum atomic E-state index is -0.256. The molecule has 0 atom stereocenters. The van der Waals surface area contributed by atoms with E-state index in [0.717, 1.165) is 18.4 Å². The van der Waals surface area contributed by atoms with Crippen molar-refractivity contribution in [1.82, 2.24) is 0 Å². The molecular formula is C13H13ClFN. The standard InChI is InChI=1S/C13H13ClFN/c14-8-2-1-3-12(10-16)9-11-4-6-13(15)7-5-11/h3-7H,1-2,8-9H2/b12-3-. The van der Waals surface area contributed by atoms with Crippen molar-refractivity contribution in [1.29, 1.82) is 5.26 Å². The topological polar surface area (TPSA) is 23.8 Å². The van der Waals surface area contributed by atoms with E-state index >= 15 is 0 Å². The third kappa shape index (κ3) is 4.46. The lowest BCUT2D eigenvalue weighted by molar-refractivity contribution is 0.627. The summed E-state index contributed by atoms with van der Waals surface area (Å²) in [6, 6.07) is 8.35. The predicted octanol–water partition coefficient (Wildman–Crippen LogP) is 3.84. The second-order valence-electron chi connectivity index (χ2n) is 3.48. The van der Waals surface area contributed by atoms with Crippen LogP contribution in [0.3, 0.4) is 0 Å². The number of unbranched alkanes of at least 4 members (excludes halogenated alkanes) is 1. The molecule has 0 saturated heterocycles. The van der Waals surface area contributed by atoms with Crippen molar-refractivity contribution in [3.05, 3.63) is 47.3 Å². The third-order valence-electron chi connectivity index (χ3n) is 2.18.